The van der Waals surface area contributed by atoms with Crippen molar-refractivity contribution in [2.75, 3.05) is 36.9 Å². The number of nitrogens with zero attached hydrogens (tertiary/aromatic N) is 3. The van der Waals surface area contributed by atoms with Crippen molar-refractivity contribution in [3.05, 3.63) is 87.5 Å². The van der Waals surface area contributed by atoms with Crippen LogP contribution < -0.4 is 26.8 Å². The summed E-state index contributed by atoms with van der Waals surface area (Å²) in [6, 6.07) is 14.2. The fourth-order valence-corrected chi connectivity index (χ4v) is 6.85. The minimum atomic E-state index is -0.772. The Balaban J connectivity index is 0.947. The minimum Gasteiger partial charge on any atom is -0.506 e. The number of aryl methyl sites for hydroxylation is 3. The zero-order valence-electron chi connectivity index (χ0n) is 30.0. The van der Waals surface area contributed by atoms with E-state index in [1.54, 1.807) is 12.1 Å². The predicted octanol–water partition coefficient (Wildman–Crippen LogP) is 5.51. The number of aromatic hydroxyl groups is 1. The number of phenolic OH excluding ortho intramolecular Hbond substituents is 1. The summed E-state index contributed by atoms with van der Waals surface area (Å²) in [5.74, 6) is -0.0223. The van der Waals surface area contributed by atoms with Crippen LogP contribution in [-0.4, -0.2) is 68.3 Å². The summed E-state index contributed by atoms with van der Waals surface area (Å²) in [5, 5.41) is 40.1. The van der Waals surface area contributed by atoms with Gasteiger partial charge in [-0.25, -0.2) is 14.5 Å². The highest BCUT2D eigenvalue weighted by Crippen LogP contribution is 2.32. The number of fused-ring (bicyclic) bond motifs is 2. The van der Waals surface area contributed by atoms with Gasteiger partial charge < -0.3 is 41.2 Å². The number of aliphatic hydroxyl groups is 1. The maximum absolute atomic E-state index is 13.0. The van der Waals surface area contributed by atoms with Gasteiger partial charge >= 0.3 is 6.03 Å². The Morgan fingerprint density at radius 1 is 1.04 bits per heavy atom. The molecule has 0 aliphatic carbocycles. The first kappa shape index (κ1) is 36.8. The van der Waals surface area contributed by atoms with Gasteiger partial charge in [-0.05, 0) is 87.4 Å². The number of pyridine rings is 2. The highest BCUT2D eigenvalue weighted by molar-refractivity contribution is 5.93. The highest BCUT2D eigenvalue weighted by atomic mass is 16.5. The Bertz CT molecular complexity index is 2020. The Kier molecular flexibility index (Phi) is 12.4. The molecule has 1 atom stereocenters. The number of benzene rings is 2. The molecular weight excluding hydrogens is 660 g/mol. The topological polar surface area (TPSA) is 178 Å². The van der Waals surface area contributed by atoms with Gasteiger partial charge in [0.15, 0.2) is 5.65 Å². The standard InChI is InChI=1S/C39H50N8O5/c1-3-32-30(36(43-27-17-20-52-21-18-27)31-23-42-47(4-2)38(31)45-32)22-41-39(51)44-26-11-9-25(10-12-26)8-6-5-7-19-40-24-34(49)28-13-15-33(48)37-29(28)14-16-35(50)46-37/h9-16,23,27,34,40,48-49H,3-8,17-22,24H2,1-2H3,(H,43,45)(H,46,50)(H2,41,44,51). The molecule has 7 N–H and O–H groups in total. The van der Waals surface area contributed by atoms with Crippen LogP contribution in [0.25, 0.3) is 21.9 Å². The maximum Gasteiger partial charge on any atom is 0.319 e. The fourth-order valence-electron chi connectivity index (χ4n) is 6.85. The Morgan fingerprint density at radius 2 is 1.85 bits per heavy atom. The minimum absolute atomic E-state index is 0.0223. The van der Waals surface area contributed by atoms with Crippen molar-refractivity contribution in [3.8, 4) is 5.75 Å². The molecule has 13 nitrogen and oxygen atoms in total. The molecule has 1 aliphatic heterocycles. The number of aliphatic hydroxyl groups excluding tert-OH is 1. The normalized spacial score (nSPS) is 14.1. The number of carbonyl (C=O) groups excluding carboxylic acids is 1. The predicted molar refractivity (Wildman–Crippen MR) is 204 cm³/mol. The molecule has 1 unspecified atom stereocenters. The summed E-state index contributed by atoms with van der Waals surface area (Å²) in [4.78, 5) is 32.3. The monoisotopic (exact) mass is 710 g/mol. The summed E-state index contributed by atoms with van der Waals surface area (Å²) in [6.45, 7) is 7.80. The van der Waals surface area contributed by atoms with Crippen molar-refractivity contribution in [2.45, 2.75) is 84.0 Å². The van der Waals surface area contributed by atoms with Crippen molar-refractivity contribution >= 4 is 39.3 Å². The van der Waals surface area contributed by atoms with Gasteiger partial charge in [0.2, 0.25) is 5.56 Å². The van der Waals surface area contributed by atoms with E-state index in [9.17, 15) is 19.8 Å². The van der Waals surface area contributed by atoms with Crippen molar-refractivity contribution in [3.63, 3.8) is 0 Å². The second kappa shape index (κ2) is 17.5. The van der Waals surface area contributed by atoms with Crippen molar-refractivity contribution in [1.82, 2.24) is 30.4 Å². The molecule has 1 fully saturated rings. The first-order valence-corrected chi connectivity index (χ1v) is 18.4. The first-order chi connectivity index (χ1) is 25.3. The van der Waals surface area contributed by atoms with Gasteiger partial charge in [-0.15, -0.1) is 0 Å². The lowest BCUT2D eigenvalue weighted by atomic mass is 10.0. The summed E-state index contributed by atoms with van der Waals surface area (Å²) >= 11 is 0. The summed E-state index contributed by atoms with van der Waals surface area (Å²) in [6.07, 6.45) is 7.62. The third-order valence-corrected chi connectivity index (χ3v) is 9.74. The number of aromatic amines is 1. The number of H-pyrrole nitrogens is 1. The van der Waals surface area contributed by atoms with E-state index in [1.165, 1.54) is 17.7 Å². The summed E-state index contributed by atoms with van der Waals surface area (Å²) < 4.78 is 7.49. The number of carbonyl (C=O) groups is 1. The van der Waals surface area contributed by atoms with Crippen LogP contribution in [0.2, 0.25) is 0 Å². The van der Waals surface area contributed by atoms with Crippen molar-refractivity contribution < 1.29 is 19.7 Å². The van der Waals surface area contributed by atoms with Crippen LogP contribution in [0.4, 0.5) is 16.2 Å². The summed E-state index contributed by atoms with van der Waals surface area (Å²) in [5.41, 5.74) is 6.39. The van der Waals surface area contributed by atoms with Gasteiger partial charge in [-0.3, -0.25) is 4.79 Å². The van der Waals surface area contributed by atoms with Gasteiger partial charge in [-0.1, -0.05) is 31.5 Å². The Morgan fingerprint density at radius 3 is 2.62 bits per heavy atom. The molecule has 5 aromatic rings. The fraction of sp³-hybridized carbons (Fsp3) is 0.436. The molecule has 2 aromatic carbocycles. The number of hydrogen-bond acceptors (Lipinski definition) is 9. The third-order valence-electron chi connectivity index (χ3n) is 9.74. The smallest absolute Gasteiger partial charge is 0.319 e. The van der Waals surface area contributed by atoms with Gasteiger partial charge in [0.25, 0.3) is 0 Å². The van der Waals surface area contributed by atoms with E-state index in [0.717, 1.165) is 105 Å². The lowest BCUT2D eigenvalue weighted by Crippen LogP contribution is -2.31. The van der Waals surface area contributed by atoms with E-state index in [-0.39, 0.29) is 23.4 Å². The highest BCUT2D eigenvalue weighted by Gasteiger charge is 2.22. The SMILES string of the molecule is CCc1nc2c(cnn2CC)c(NC2CCOCC2)c1CNC(=O)Nc1ccc(CCCCCNCC(O)c2ccc(O)c3[nH]c(=O)ccc23)cc1. The molecule has 0 radical (unpaired) electrons. The zero-order chi connectivity index (χ0) is 36.5. The molecule has 52 heavy (non-hydrogen) atoms. The maximum atomic E-state index is 13.0. The number of amides is 2. The molecule has 1 aliphatic rings. The second-order valence-electron chi connectivity index (χ2n) is 13.3. The van der Waals surface area contributed by atoms with Crippen LogP contribution in [0.1, 0.15) is 74.4 Å². The van der Waals surface area contributed by atoms with Crippen LogP contribution in [0.3, 0.4) is 0 Å². The Hall–Kier alpha value is -4.98. The molecule has 13 heteroatoms. The summed E-state index contributed by atoms with van der Waals surface area (Å²) in [7, 11) is 0. The lowest BCUT2D eigenvalue weighted by molar-refractivity contribution is 0.0904. The number of hydrogen-bond donors (Lipinski definition) is 7. The van der Waals surface area contributed by atoms with E-state index in [1.807, 2.05) is 35.1 Å². The number of aromatic nitrogens is 4. The number of nitrogens with one attached hydrogen (secondary N) is 5. The molecule has 0 spiro atoms. The van der Waals surface area contributed by atoms with Crippen LogP contribution in [0.5, 0.6) is 5.75 Å². The van der Waals surface area contributed by atoms with Crippen molar-refractivity contribution in [1.29, 1.82) is 0 Å². The molecule has 276 valence electrons. The van der Waals surface area contributed by atoms with Gasteiger partial charge in [-0.2, -0.15) is 5.10 Å². The number of ether oxygens (including phenoxy) is 1. The van der Waals surface area contributed by atoms with E-state index < -0.39 is 6.10 Å². The number of anilines is 2. The zero-order valence-corrected chi connectivity index (χ0v) is 30.0. The molecular formula is C39H50N8O5. The first-order valence-electron chi connectivity index (χ1n) is 18.4. The quantitative estimate of drug-likeness (QED) is 0.0651. The molecule has 0 saturated carbocycles. The van der Waals surface area contributed by atoms with Crippen LogP contribution in [0.15, 0.2) is 59.5 Å². The number of urea groups is 1. The van der Waals surface area contributed by atoms with E-state index in [4.69, 9.17) is 9.72 Å². The van der Waals surface area contributed by atoms with Crippen LogP contribution >= 0.6 is 0 Å². The van der Waals surface area contributed by atoms with Gasteiger partial charge in [0, 0.05) is 67.3 Å². The van der Waals surface area contributed by atoms with E-state index >= 15 is 0 Å². The third kappa shape index (κ3) is 8.90. The molecule has 0 bridgehead atoms. The lowest BCUT2D eigenvalue weighted by Gasteiger charge is -2.26. The van der Waals surface area contributed by atoms with Gasteiger partial charge in [0.1, 0.15) is 5.75 Å². The van der Waals surface area contributed by atoms with Crippen LogP contribution in [-0.2, 0) is 30.7 Å². The number of phenols is 1. The van der Waals surface area contributed by atoms with E-state index in [2.05, 4.69) is 45.2 Å². The average molecular weight is 711 g/mol. The van der Waals surface area contributed by atoms with Gasteiger partial charge in [0.05, 0.1) is 28.9 Å². The number of unbranched alkanes of at least 4 members (excludes halogenated alkanes) is 2. The molecule has 4 heterocycles. The molecule has 6 rings (SSSR count). The van der Waals surface area contributed by atoms with Crippen molar-refractivity contribution in [2.24, 2.45) is 0 Å². The largest absolute Gasteiger partial charge is 0.506 e. The molecule has 2 amide bonds. The van der Waals surface area contributed by atoms with E-state index in [0.29, 0.717) is 29.6 Å². The molecule has 1 saturated heterocycles. The number of rotatable bonds is 16. The second-order valence-corrected chi connectivity index (χ2v) is 13.3. The molecule has 3 aromatic heterocycles. The van der Waals surface area contributed by atoms with Crippen LogP contribution in [0, 0.1) is 0 Å². The Labute approximate surface area is 303 Å². The average Bonchev–Trinajstić information content (AvgIpc) is 3.58.